The molecule has 0 unspecified atom stereocenters. The van der Waals surface area contributed by atoms with Gasteiger partial charge < -0.3 is 0 Å². The number of hydrogen-bond acceptors (Lipinski definition) is 2. The first-order valence-electron chi connectivity index (χ1n) is 11.0. The van der Waals surface area contributed by atoms with Crippen LogP contribution in [0.25, 0.3) is 0 Å². The summed E-state index contributed by atoms with van der Waals surface area (Å²) in [7, 11) is 0. The van der Waals surface area contributed by atoms with Crippen molar-refractivity contribution < 1.29 is 9.53 Å². The van der Waals surface area contributed by atoms with Gasteiger partial charge in [0.25, 0.3) is 0 Å². The molecular weight excluding hydrogens is 429 g/mol. The molecule has 0 aromatic heterocycles. The number of ether oxygens (including phenoxy) is 1. The van der Waals surface area contributed by atoms with E-state index in [4.69, 9.17) is 4.74 Å². The van der Waals surface area contributed by atoms with Crippen LogP contribution in [-0.4, -0.2) is 48.1 Å². The van der Waals surface area contributed by atoms with E-state index in [0.29, 0.717) is 0 Å². The Labute approximate surface area is 166 Å². The zero-order chi connectivity index (χ0) is 19.6. The van der Waals surface area contributed by atoms with Gasteiger partial charge in [-0.2, -0.15) is 0 Å². The van der Waals surface area contributed by atoms with Crippen molar-refractivity contribution in [2.24, 2.45) is 0 Å². The monoisotopic (exact) mass is 473 g/mol. The first-order valence-corrected chi connectivity index (χ1v) is 18.4. The van der Waals surface area contributed by atoms with Crippen LogP contribution in [0.5, 0.6) is 0 Å². The van der Waals surface area contributed by atoms with E-state index in [2.05, 4.69) is 26.8 Å². The van der Waals surface area contributed by atoms with Crippen molar-refractivity contribution in [3.05, 3.63) is 9.67 Å². The first-order chi connectivity index (χ1) is 12.3. The van der Waals surface area contributed by atoms with Gasteiger partial charge in [-0.15, -0.1) is 0 Å². The van der Waals surface area contributed by atoms with Crippen LogP contribution in [-0.2, 0) is 4.74 Å². The number of unbranched alkanes of at least 4 members (excludes halogenated alkanes) is 3. The third-order valence-electron chi connectivity index (χ3n) is 5.57. The Bertz CT molecular complexity index is 432. The van der Waals surface area contributed by atoms with Crippen molar-refractivity contribution >= 4 is 24.5 Å². The van der Waals surface area contributed by atoms with Gasteiger partial charge in [0.2, 0.25) is 0 Å². The van der Waals surface area contributed by atoms with Crippen molar-refractivity contribution in [1.82, 2.24) is 4.90 Å². The van der Waals surface area contributed by atoms with Crippen LogP contribution in [0.2, 0.25) is 13.3 Å². The Kier molecular flexibility index (Phi) is 10.6. The van der Waals surface area contributed by atoms with Gasteiger partial charge in [-0.05, 0) is 0 Å². The number of nitrogens with zero attached hydrogens (tertiary/aromatic N) is 1. The maximum atomic E-state index is 12.4. The van der Waals surface area contributed by atoms with Crippen LogP contribution in [0.15, 0.2) is 9.67 Å². The molecule has 1 heterocycles. The van der Waals surface area contributed by atoms with Crippen LogP contribution in [0.3, 0.4) is 0 Å². The molecule has 0 atom stereocenters. The molecule has 0 radical (unpaired) electrons. The summed E-state index contributed by atoms with van der Waals surface area (Å²) >= 11 is -2.28. The van der Waals surface area contributed by atoms with Gasteiger partial charge in [-0.25, -0.2) is 0 Å². The summed E-state index contributed by atoms with van der Waals surface area (Å²) in [5.41, 5.74) is -0.409. The molecule has 1 aliphatic heterocycles. The standard InChI is InChI=1S/C10H16NO2.3C4H9.Sn/c1-10(2,3)13-9(12)11-7-5-4-6-8-11;3*1-3-4-2;/h5H,6-8H2,1-3H3;3*1,3-4H2,2H3;. The van der Waals surface area contributed by atoms with E-state index in [1.165, 1.54) is 51.8 Å². The second kappa shape index (κ2) is 11.6. The summed E-state index contributed by atoms with van der Waals surface area (Å²) in [6.45, 7) is 14.4. The number of hydrogen-bond donors (Lipinski definition) is 0. The summed E-state index contributed by atoms with van der Waals surface area (Å²) in [4.78, 5) is 14.3. The summed E-state index contributed by atoms with van der Waals surface area (Å²) in [6, 6.07) is 0. The fourth-order valence-corrected chi connectivity index (χ4v) is 21.1. The number of rotatable bonds is 10. The molecule has 0 saturated heterocycles. The first kappa shape index (κ1) is 23.8. The summed E-state index contributed by atoms with van der Waals surface area (Å²) in [5.74, 6) is 0. The molecule has 0 spiro atoms. The molecule has 152 valence electrons. The topological polar surface area (TPSA) is 29.5 Å². The average molecular weight is 472 g/mol. The van der Waals surface area contributed by atoms with E-state index in [1.54, 1.807) is 0 Å². The summed E-state index contributed by atoms with van der Waals surface area (Å²) in [6.07, 6.45) is 11.5. The molecule has 0 fully saturated rings. The van der Waals surface area contributed by atoms with Gasteiger partial charge in [0.05, 0.1) is 0 Å². The van der Waals surface area contributed by atoms with E-state index in [0.717, 1.165) is 19.5 Å². The molecule has 0 saturated carbocycles. The van der Waals surface area contributed by atoms with Gasteiger partial charge in [-0.3, -0.25) is 0 Å². The molecule has 0 aliphatic carbocycles. The predicted octanol–water partition coefficient (Wildman–Crippen LogP) is 6.94. The van der Waals surface area contributed by atoms with E-state index < -0.39 is 24.0 Å². The van der Waals surface area contributed by atoms with Crippen LogP contribution in [0, 0.1) is 0 Å². The predicted molar refractivity (Wildman–Crippen MR) is 115 cm³/mol. The van der Waals surface area contributed by atoms with E-state index in [1.807, 2.05) is 29.3 Å². The van der Waals surface area contributed by atoms with E-state index in [-0.39, 0.29) is 6.09 Å². The average Bonchev–Trinajstić information content (AvgIpc) is 2.60. The molecule has 1 aliphatic rings. The fraction of sp³-hybridized carbons (Fsp3) is 0.864. The third-order valence-corrected chi connectivity index (χ3v) is 22.0. The van der Waals surface area contributed by atoms with Gasteiger partial charge in [0, 0.05) is 0 Å². The molecule has 0 aromatic carbocycles. The second-order valence-electron chi connectivity index (χ2n) is 9.00. The van der Waals surface area contributed by atoms with Gasteiger partial charge >= 0.3 is 167 Å². The van der Waals surface area contributed by atoms with E-state index in [9.17, 15) is 4.79 Å². The molecule has 0 bridgehead atoms. The van der Waals surface area contributed by atoms with Crippen molar-refractivity contribution in [1.29, 1.82) is 0 Å². The second-order valence-corrected chi connectivity index (χ2v) is 22.4. The molecule has 1 rings (SSSR count). The Morgan fingerprint density at radius 1 is 1.04 bits per heavy atom. The Hall–Kier alpha value is -0.191. The summed E-state index contributed by atoms with van der Waals surface area (Å²) in [5, 5.41) is 0. The Morgan fingerprint density at radius 3 is 1.88 bits per heavy atom. The van der Waals surface area contributed by atoms with Crippen molar-refractivity contribution in [2.45, 2.75) is 105 Å². The third kappa shape index (κ3) is 7.82. The van der Waals surface area contributed by atoms with Crippen LogP contribution in [0.1, 0.15) is 86.5 Å². The molecule has 3 nitrogen and oxygen atoms in total. The molecule has 26 heavy (non-hydrogen) atoms. The van der Waals surface area contributed by atoms with E-state index >= 15 is 0 Å². The quantitative estimate of drug-likeness (QED) is 0.323. The molecule has 4 heteroatoms. The summed E-state index contributed by atoms with van der Waals surface area (Å²) < 4.78 is 11.9. The molecular formula is C22H43NO2Sn. The minimum absolute atomic E-state index is 0.149. The number of carbonyl (C=O) groups excluding carboxylic acids is 1. The molecule has 0 aromatic rings. The number of amides is 1. The maximum absolute atomic E-state index is 12.4. The SMILES string of the molecule is CCC[CH2][Sn]([CH2]CCC)([CH2]CCC)[C]1=CCN(C(=O)OC(C)(C)C)CC1. The van der Waals surface area contributed by atoms with Crippen molar-refractivity contribution in [3.63, 3.8) is 0 Å². The zero-order valence-electron chi connectivity index (χ0n) is 18.3. The van der Waals surface area contributed by atoms with Gasteiger partial charge in [0.1, 0.15) is 0 Å². The fourth-order valence-electron chi connectivity index (χ4n) is 4.05. The van der Waals surface area contributed by atoms with Crippen LogP contribution < -0.4 is 0 Å². The Balaban J connectivity index is 2.90. The normalized spacial score (nSPS) is 15.8. The minimum atomic E-state index is -2.28. The van der Waals surface area contributed by atoms with Crippen molar-refractivity contribution in [2.75, 3.05) is 13.1 Å². The van der Waals surface area contributed by atoms with Crippen LogP contribution >= 0.6 is 0 Å². The number of carbonyl (C=O) groups is 1. The van der Waals surface area contributed by atoms with Crippen molar-refractivity contribution in [3.8, 4) is 0 Å². The van der Waals surface area contributed by atoms with Gasteiger partial charge in [0.15, 0.2) is 0 Å². The van der Waals surface area contributed by atoms with Gasteiger partial charge in [-0.1, -0.05) is 0 Å². The molecule has 0 N–H and O–H groups in total. The van der Waals surface area contributed by atoms with Crippen LogP contribution in [0.4, 0.5) is 4.79 Å². The molecule has 1 amide bonds. The zero-order valence-corrected chi connectivity index (χ0v) is 21.2. The Morgan fingerprint density at radius 2 is 1.54 bits per heavy atom.